The Morgan fingerprint density at radius 1 is 1.27 bits per heavy atom. The Morgan fingerprint density at radius 3 is 2.68 bits per heavy atom. The van der Waals surface area contributed by atoms with Gasteiger partial charge < -0.3 is 9.64 Å². The summed E-state index contributed by atoms with van der Waals surface area (Å²) >= 11 is 0. The van der Waals surface area contributed by atoms with Gasteiger partial charge in [-0.05, 0) is 30.7 Å². The average Bonchev–Trinajstić information content (AvgIpc) is 3.01. The van der Waals surface area contributed by atoms with E-state index in [0.29, 0.717) is 25.3 Å². The van der Waals surface area contributed by atoms with Gasteiger partial charge in [0.1, 0.15) is 12.6 Å². The summed E-state index contributed by atoms with van der Waals surface area (Å²) in [6.07, 6.45) is 2.96. The standard InChI is InChI=1S/C18H25NO3/c1-14(2)10-11-17(20)19-12-6-9-16(19)18(21)22-13-15-7-4-3-5-8-15/h3-5,7-8,14,16H,6,9-13H2,1-2H3/t16-/m0/s1. The fourth-order valence-corrected chi connectivity index (χ4v) is 2.69. The minimum absolute atomic E-state index is 0.0767. The second-order valence-corrected chi connectivity index (χ2v) is 6.27. The molecule has 0 radical (unpaired) electrons. The molecule has 1 saturated heterocycles. The van der Waals surface area contributed by atoms with Gasteiger partial charge in [0.15, 0.2) is 0 Å². The maximum absolute atomic E-state index is 12.3. The summed E-state index contributed by atoms with van der Waals surface area (Å²) < 4.78 is 5.39. The number of rotatable bonds is 6. The molecular weight excluding hydrogens is 278 g/mol. The lowest BCUT2D eigenvalue weighted by atomic mass is 10.1. The predicted octanol–water partition coefficient (Wildman–Crippen LogP) is 3.16. The number of esters is 1. The lowest BCUT2D eigenvalue weighted by Crippen LogP contribution is -2.41. The fourth-order valence-electron chi connectivity index (χ4n) is 2.69. The smallest absolute Gasteiger partial charge is 0.329 e. The molecule has 2 rings (SSSR count). The van der Waals surface area contributed by atoms with Gasteiger partial charge in [0.05, 0.1) is 0 Å². The van der Waals surface area contributed by atoms with Crippen molar-refractivity contribution in [2.24, 2.45) is 5.92 Å². The molecule has 1 aromatic rings. The van der Waals surface area contributed by atoms with Crippen LogP contribution in [-0.2, 0) is 20.9 Å². The molecule has 0 aliphatic carbocycles. The van der Waals surface area contributed by atoms with Crippen LogP contribution in [0.3, 0.4) is 0 Å². The fraction of sp³-hybridized carbons (Fsp3) is 0.556. The number of carbonyl (C=O) groups is 2. The Balaban J connectivity index is 1.86. The molecule has 0 saturated carbocycles. The summed E-state index contributed by atoms with van der Waals surface area (Å²) in [7, 11) is 0. The lowest BCUT2D eigenvalue weighted by molar-refractivity contribution is -0.154. The van der Waals surface area contributed by atoms with E-state index < -0.39 is 6.04 Å². The van der Waals surface area contributed by atoms with Crippen molar-refractivity contribution in [2.45, 2.75) is 52.2 Å². The zero-order chi connectivity index (χ0) is 15.9. The first kappa shape index (κ1) is 16.5. The predicted molar refractivity (Wildman–Crippen MR) is 85.0 cm³/mol. The molecule has 1 heterocycles. The molecule has 1 amide bonds. The molecular formula is C18H25NO3. The summed E-state index contributed by atoms with van der Waals surface area (Å²) in [6, 6.07) is 9.21. The van der Waals surface area contributed by atoms with Gasteiger partial charge >= 0.3 is 5.97 Å². The van der Waals surface area contributed by atoms with Crippen LogP contribution in [-0.4, -0.2) is 29.4 Å². The van der Waals surface area contributed by atoms with E-state index in [0.717, 1.165) is 18.4 Å². The molecule has 1 aromatic carbocycles. The maximum Gasteiger partial charge on any atom is 0.329 e. The van der Waals surface area contributed by atoms with Crippen LogP contribution in [0.4, 0.5) is 0 Å². The minimum atomic E-state index is -0.400. The van der Waals surface area contributed by atoms with Crippen molar-refractivity contribution >= 4 is 11.9 Å². The van der Waals surface area contributed by atoms with Gasteiger partial charge in [-0.25, -0.2) is 4.79 Å². The van der Waals surface area contributed by atoms with Crippen molar-refractivity contribution in [3.8, 4) is 0 Å². The Morgan fingerprint density at radius 2 is 2.00 bits per heavy atom. The highest BCUT2D eigenvalue weighted by Crippen LogP contribution is 2.21. The number of likely N-dealkylation sites (tertiary alicyclic amines) is 1. The third-order valence-electron chi connectivity index (χ3n) is 4.00. The van der Waals surface area contributed by atoms with Gasteiger partial charge in [-0.1, -0.05) is 44.2 Å². The van der Waals surface area contributed by atoms with Crippen molar-refractivity contribution in [2.75, 3.05) is 6.54 Å². The number of nitrogens with zero attached hydrogens (tertiary/aromatic N) is 1. The van der Waals surface area contributed by atoms with Crippen LogP contribution in [0.15, 0.2) is 30.3 Å². The normalized spacial score (nSPS) is 17.8. The van der Waals surface area contributed by atoms with E-state index in [1.807, 2.05) is 30.3 Å². The molecule has 120 valence electrons. The van der Waals surface area contributed by atoms with Crippen molar-refractivity contribution in [1.82, 2.24) is 4.90 Å². The molecule has 1 aliphatic heterocycles. The number of hydrogen-bond donors (Lipinski definition) is 0. The van der Waals surface area contributed by atoms with Gasteiger partial charge in [0.2, 0.25) is 5.91 Å². The van der Waals surface area contributed by atoms with Gasteiger partial charge in [-0.15, -0.1) is 0 Å². The second kappa shape index (κ2) is 7.97. The highest BCUT2D eigenvalue weighted by atomic mass is 16.5. The van der Waals surface area contributed by atoms with Crippen molar-refractivity contribution in [1.29, 1.82) is 0 Å². The van der Waals surface area contributed by atoms with Crippen molar-refractivity contribution in [3.05, 3.63) is 35.9 Å². The Bertz CT molecular complexity index is 498. The molecule has 1 fully saturated rings. The van der Waals surface area contributed by atoms with E-state index in [-0.39, 0.29) is 18.5 Å². The molecule has 1 aliphatic rings. The summed E-state index contributed by atoms with van der Waals surface area (Å²) in [4.78, 5) is 26.2. The van der Waals surface area contributed by atoms with E-state index in [1.165, 1.54) is 0 Å². The topological polar surface area (TPSA) is 46.6 Å². The molecule has 22 heavy (non-hydrogen) atoms. The molecule has 0 unspecified atom stereocenters. The number of carbonyl (C=O) groups excluding carboxylic acids is 2. The first-order valence-electron chi connectivity index (χ1n) is 8.08. The number of ether oxygens (including phenoxy) is 1. The van der Waals surface area contributed by atoms with Gasteiger partial charge in [0.25, 0.3) is 0 Å². The van der Waals surface area contributed by atoms with Gasteiger partial charge in [0, 0.05) is 13.0 Å². The van der Waals surface area contributed by atoms with E-state index >= 15 is 0 Å². The van der Waals surface area contributed by atoms with Crippen LogP contribution < -0.4 is 0 Å². The van der Waals surface area contributed by atoms with E-state index in [2.05, 4.69) is 13.8 Å². The summed E-state index contributed by atoms with van der Waals surface area (Å²) in [5.74, 6) is 0.294. The second-order valence-electron chi connectivity index (χ2n) is 6.27. The average molecular weight is 303 g/mol. The van der Waals surface area contributed by atoms with Crippen LogP contribution in [0.25, 0.3) is 0 Å². The van der Waals surface area contributed by atoms with E-state index in [4.69, 9.17) is 4.74 Å². The van der Waals surface area contributed by atoms with Crippen molar-refractivity contribution < 1.29 is 14.3 Å². The molecule has 0 N–H and O–H groups in total. The Hall–Kier alpha value is -1.84. The highest BCUT2D eigenvalue weighted by molar-refractivity contribution is 5.85. The minimum Gasteiger partial charge on any atom is -0.459 e. The summed E-state index contributed by atoms with van der Waals surface area (Å²) in [5, 5.41) is 0. The zero-order valence-electron chi connectivity index (χ0n) is 13.5. The molecule has 0 aromatic heterocycles. The van der Waals surface area contributed by atoms with E-state index in [9.17, 15) is 9.59 Å². The molecule has 0 spiro atoms. The van der Waals surface area contributed by atoms with Crippen LogP contribution in [0.2, 0.25) is 0 Å². The summed E-state index contributed by atoms with van der Waals surface area (Å²) in [5.41, 5.74) is 0.964. The third-order valence-corrected chi connectivity index (χ3v) is 4.00. The first-order valence-corrected chi connectivity index (χ1v) is 8.08. The van der Waals surface area contributed by atoms with Crippen LogP contribution in [0, 0.1) is 5.92 Å². The largest absolute Gasteiger partial charge is 0.459 e. The van der Waals surface area contributed by atoms with Gasteiger partial charge in [-0.2, -0.15) is 0 Å². The Kier molecular flexibility index (Phi) is 5.99. The number of amides is 1. The zero-order valence-corrected chi connectivity index (χ0v) is 13.5. The lowest BCUT2D eigenvalue weighted by Gasteiger charge is -2.23. The van der Waals surface area contributed by atoms with Crippen molar-refractivity contribution in [3.63, 3.8) is 0 Å². The molecule has 1 atom stereocenters. The Labute approximate surface area is 132 Å². The summed E-state index contributed by atoms with van der Waals surface area (Å²) in [6.45, 7) is 5.14. The van der Waals surface area contributed by atoms with Crippen LogP contribution in [0.1, 0.15) is 45.1 Å². The third kappa shape index (κ3) is 4.58. The highest BCUT2D eigenvalue weighted by Gasteiger charge is 2.34. The van der Waals surface area contributed by atoms with E-state index in [1.54, 1.807) is 4.90 Å². The maximum atomic E-state index is 12.3. The quantitative estimate of drug-likeness (QED) is 0.758. The van der Waals surface area contributed by atoms with Gasteiger partial charge in [-0.3, -0.25) is 4.79 Å². The molecule has 4 nitrogen and oxygen atoms in total. The molecule has 4 heteroatoms. The van der Waals surface area contributed by atoms with Crippen LogP contribution >= 0.6 is 0 Å². The number of benzene rings is 1. The SMILES string of the molecule is CC(C)CCC(=O)N1CCC[C@H]1C(=O)OCc1ccccc1. The van der Waals surface area contributed by atoms with Crippen LogP contribution in [0.5, 0.6) is 0 Å². The molecule has 0 bridgehead atoms. The monoisotopic (exact) mass is 303 g/mol. The number of hydrogen-bond acceptors (Lipinski definition) is 3. The first-order chi connectivity index (χ1) is 10.6.